The SMILES string of the molecule is CC1CC1N/C=C\C(=O)c1ccccc1. The lowest BCUT2D eigenvalue weighted by Gasteiger charge is -1.96. The van der Waals surface area contributed by atoms with Crippen molar-refractivity contribution in [3.8, 4) is 0 Å². The maximum atomic E-state index is 11.6. The summed E-state index contributed by atoms with van der Waals surface area (Å²) in [6.07, 6.45) is 4.58. The van der Waals surface area contributed by atoms with Crippen molar-refractivity contribution in [2.45, 2.75) is 19.4 Å². The second kappa shape index (κ2) is 4.30. The van der Waals surface area contributed by atoms with E-state index in [-0.39, 0.29) is 5.78 Å². The molecule has 1 aromatic rings. The van der Waals surface area contributed by atoms with Gasteiger partial charge in [0.05, 0.1) is 0 Å². The molecule has 2 unspecified atom stereocenters. The Bertz CT molecular complexity index is 369. The molecule has 0 saturated heterocycles. The number of carbonyl (C=O) groups is 1. The molecular formula is C13H15NO. The van der Waals surface area contributed by atoms with Crippen LogP contribution in [0, 0.1) is 5.92 Å². The minimum absolute atomic E-state index is 0.0522. The lowest BCUT2D eigenvalue weighted by molar-refractivity contribution is 0.104. The Hall–Kier alpha value is -1.57. The monoisotopic (exact) mass is 201 g/mol. The fourth-order valence-electron chi connectivity index (χ4n) is 1.50. The first kappa shape index (κ1) is 9.97. The van der Waals surface area contributed by atoms with Gasteiger partial charge in [-0.25, -0.2) is 0 Å². The molecule has 0 aromatic heterocycles. The molecule has 1 saturated carbocycles. The van der Waals surface area contributed by atoms with Crippen LogP contribution < -0.4 is 5.32 Å². The lowest BCUT2D eigenvalue weighted by atomic mass is 10.1. The van der Waals surface area contributed by atoms with Gasteiger partial charge >= 0.3 is 0 Å². The van der Waals surface area contributed by atoms with Crippen LogP contribution in [0.2, 0.25) is 0 Å². The van der Waals surface area contributed by atoms with E-state index >= 15 is 0 Å². The molecule has 2 heteroatoms. The average Bonchev–Trinajstić information content (AvgIpc) is 2.96. The third-order valence-electron chi connectivity index (χ3n) is 2.71. The molecule has 0 amide bonds. The van der Waals surface area contributed by atoms with Crippen molar-refractivity contribution in [3.63, 3.8) is 0 Å². The predicted molar refractivity (Wildman–Crippen MR) is 60.6 cm³/mol. The summed E-state index contributed by atoms with van der Waals surface area (Å²) in [6, 6.07) is 9.88. The highest BCUT2D eigenvalue weighted by molar-refractivity contribution is 6.04. The Morgan fingerprint density at radius 1 is 1.40 bits per heavy atom. The zero-order valence-corrected chi connectivity index (χ0v) is 8.81. The number of hydrogen-bond donors (Lipinski definition) is 1. The molecule has 1 aliphatic rings. The molecule has 2 nitrogen and oxygen atoms in total. The Morgan fingerprint density at radius 2 is 2.07 bits per heavy atom. The third kappa shape index (κ3) is 2.69. The van der Waals surface area contributed by atoms with Crippen LogP contribution in [-0.4, -0.2) is 11.8 Å². The van der Waals surface area contributed by atoms with E-state index in [9.17, 15) is 4.79 Å². The Balaban J connectivity index is 1.87. The quantitative estimate of drug-likeness (QED) is 0.598. The van der Waals surface area contributed by atoms with Gasteiger partial charge in [0.1, 0.15) is 0 Å². The topological polar surface area (TPSA) is 29.1 Å². The fraction of sp³-hybridized carbons (Fsp3) is 0.308. The van der Waals surface area contributed by atoms with Crippen molar-refractivity contribution in [3.05, 3.63) is 48.2 Å². The zero-order valence-electron chi connectivity index (χ0n) is 8.81. The van der Waals surface area contributed by atoms with Crippen LogP contribution in [0.1, 0.15) is 23.7 Å². The van der Waals surface area contributed by atoms with Gasteiger partial charge in [0.25, 0.3) is 0 Å². The number of nitrogens with one attached hydrogen (secondary N) is 1. The summed E-state index contributed by atoms with van der Waals surface area (Å²) in [5.41, 5.74) is 0.736. The average molecular weight is 201 g/mol. The summed E-state index contributed by atoms with van der Waals surface area (Å²) in [4.78, 5) is 11.6. The van der Waals surface area contributed by atoms with Crippen molar-refractivity contribution in [1.29, 1.82) is 0 Å². The lowest BCUT2D eigenvalue weighted by Crippen LogP contribution is -2.10. The number of carbonyl (C=O) groups excluding carboxylic acids is 1. The van der Waals surface area contributed by atoms with Crippen LogP contribution in [-0.2, 0) is 0 Å². The molecule has 1 fully saturated rings. The maximum absolute atomic E-state index is 11.6. The highest BCUT2D eigenvalue weighted by Gasteiger charge is 2.31. The smallest absolute Gasteiger partial charge is 0.187 e. The van der Waals surface area contributed by atoms with Crippen molar-refractivity contribution in [2.24, 2.45) is 5.92 Å². The van der Waals surface area contributed by atoms with Crippen molar-refractivity contribution in [2.75, 3.05) is 0 Å². The molecule has 0 spiro atoms. The van der Waals surface area contributed by atoms with Crippen LogP contribution in [0.5, 0.6) is 0 Å². The van der Waals surface area contributed by atoms with E-state index in [4.69, 9.17) is 0 Å². The molecule has 15 heavy (non-hydrogen) atoms. The maximum Gasteiger partial charge on any atom is 0.187 e. The van der Waals surface area contributed by atoms with Gasteiger partial charge in [-0.2, -0.15) is 0 Å². The van der Waals surface area contributed by atoms with E-state index in [2.05, 4.69) is 12.2 Å². The highest BCUT2D eigenvalue weighted by atomic mass is 16.1. The first-order valence-corrected chi connectivity index (χ1v) is 5.29. The highest BCUT2D eigenvalue weighted by Crippen LogP contribution is 2.28. The van der Waals surface area contributed by atoms with Gasteiger partial charge in [-0.15, -0.1) is 0 Å². The van der Waals surface area contributed by atoms with Crippen LogP contribution in [0.25, 0.3) is 0 Å². The number of hydrogen-bond acceptors (Lipinski definition) is 2. The number of allylic oxidation sites excluding steroid dienone is 1. The largest absolute Gasteiger partial charge is 0.388 e. The molecule has 78 valence electrons. The molecular weight excluding hydrogens is 186 g/mol. The predicted octanol–water partition coefficient (Wildman–Crippen LogP) is 2.38. The summed E-state index contributed by atoms with van der Waals surface area (Å²) in [7, 11) is 0. The molecule has 1 aliphatic carbocycles. The number of ketones is 1. The Kier molecular flexibility index (Phi) is 2.86. The third-order valence-corrected chi connectivity index (χ3v) is 2.71. The van der Waals surface area contributed by atoms with Crippen LogP contribution in [0.3, 0.4) is 0 Å². The standard InChI is InChI=1S/C13H15NO/c1-10-9-12(10)14-8-7-13(15)11-5-3-2-4-6-11/h2-8,10,12,14H,9H2,1H3/b8-7-. The van der Waals surface area contributed by atoms with Crippen LogP contribution in [0.4, 0.5) is 0 Å². The summed E-state index contributed by atoms with van der Waals surface area (Å²) < 4.78 is 0. The molecule has 1 aromatic carbocycles. The minimum Gasteiger partial charge on any atom is -0.388 e. The van der Waals surface area contributed by atoms with Crippen molar-refractivity contribution >= 4 is 5.78 Å². The second-order valence-corrected chi connectivity index (χ2v) is 4.05. The van der Waals surface area contributed by atoms with E-state index in [0.29, 0.717) is 6.04 Å². The molecule has 0 bridgehead atoms. The number of rotatable bonds is 4. The van der Waals surface area contributed by atoms with Crippen molar-refractivity contribution in [1.82, 2.24) is 5.32 Å². The van der Waals surface area contributed by atoms with E-state index < -0.39 is 0 Å². The van der Waals surface area contributed by atoms with E-state index in [0.717, 1.165) is 11.5 Å². The van der Waals surface area contributed by atoms with Gasteiger partial charge in [-0.05, 0) is 12.3 Å². The van der Waals surface area contributed by atoms with E-state index in [1.165, 1.54) is 6.42 Å². The van der Waals surface area contributed by atoms with Crippen molar-refractivity contribution < 1.29 is 4.79 Å². The van der Waals surface area contributed by atoms with Gasteiger partial charge < -0.3 is 5.32 Å². The fourth-order valence-corrected chi connectivity index (χ4v) is 1.50. The van der Waals surface area contributed by atoms with Crippen LogP contribution in [0.15, 0.2) is 42.6 Å². The normalized spacial score (nSPS) is 24.1. The Labute approximate surface area is 90.0 Å². The van der Waals surface area contributed by atoms with Gasteiger partial charge in [0.2, 0.25) is 0 Å². The van der Waals surface area contributed by atoms with Gasteiger partial charge in [0, 0.05) is 23.9 Å². The molecule has 0 radical (unpaired) electrons. The molecule has 1 N–H and O–H groups in total. The van der Waals surface area contributed by atoms with E-state index in [1.807, 2.05) is 30.3 Å². The molecule has 0 heterocycles. The summed E-state index contributed by atoms with van der Waals surface area (Å²) in [5.74, 6) is 0.804. The van der Waals surface area contributed by atoms with Gasteiger partial charge in [-0.3, -0.25) is 4.79 Å². The molecule has 0 aliphatic heterocycles. The second-order valence-electron chi connectivity index (χ2n) is 4.05. The first-order chi connectivity index (χ1) is 7.27. The first-order valence-electron chi connectivity index (χ1n) is 5.29. The van der Waals surface area contributed by atoms with Gasteiger partial charge in [-0.1, -0.05) is 37.3 Å². The summed E-state index contributed by atoms with van der Waals surface area (Å²) >= 11 is 0. The summed E-state index contributed by atoms with van der Waals surface area (Å²) in [6.45, 7) is 2.20. The van der Waals surface area contributed by atoms with Gasteiger partial charge in [0.15, 0.2) is 5.78 Å². The molecule has 2 atom stereocenters. The minimum atomic E-state index is 0.0522. The molecule has 2 rings (SSSR count). The summed E-state index contributed by atoms with van der Waals surface area (Å²) in [5, 5.41) is 3.21. The Morgan fingerprint density at radius 3 is 2.67 bits per heavy atom. The zero-order chi connectivity index (χ0) is 10.7. The number of benzene rings is 1. The van der Waals surface area contributed by atoms with Crippen LogP contribution >= 0.6 is 0 Å². The van der Waals surface area contributed by atoms with E-state index in [1.54, 1.807) is 12.3 Å².